The molecule has 0 spiro atoms. The first-order valence-corrected chi connectivity index (χ1v) is 9.24. The molecule has 1 aliphatic rings. The molecule has 0 aromatic heterocycles. The van der Waals surface area contributed by atoms with Gasteiger partial charge in [-0.3, -0.25) is 4.79 Å². The lowest BCUT2D eigenvalue weighted by molar-refractivity contribution is -0.128. The highest BCUT2D eigenvalue weighted by Crippen LogP contribution is 2.20. The molecule has 1 heterocycles. The van der Waals surface area contributed by atoms with Crippen LogP contribution in [0.4, 0.5) is 0 Å². The van der Waals surface area contributed by atoms with Crippen molar-refractivity contribution >= 4 is 25.6 Å². The van der Waals surface area contributed by atoms with Gasteiger partial charge in [-0.1, -0.05) is 0 Å². The monoisotopic (exact) mass is 343 g/mol. The molecule has 1 rings (SSSR count). The predicted octanol–water partition coefficient (Wildman–Crippen LogP) is 0.0831. The summed E-state index contributed by atoms with van der Waals surface area (Å²) in [6, 6.07) is 0. The van der Waals surface area contributed by atoms with Crippen LogP contribution in [0.1, 0.15) is 6.42 Å². The number of ether oxygens (including phenoxy) is 3. The second-order valence-corrected chi connectivity index (χ2v) is 7.65. The number of carbonyl (C=O) groups excluding carboxylic acids is 1. The van der Waals surface area contributed by atoms with Gasteiger partial charge in [0.15, 0.2) is 0 Å². The summed E-state index contributed by atoms with van der Waals surface area (Å²) < 4.78 is 37.4. The minimum Gasteiger partial charge on any atom is -0.382 e. The van der Waals surface area contributed by atoms with Crippen LogP contribution in [-0.2, 0) is 28.1 Å². The Balaban J connectivity index is 2.09. The third kappa shape index (κ3) is 8.57. The van der Waals surface area contributed by atoms with Crippen LogP contribution in [0.25, 0.3) is 0 Å². The predicted molar refractivity (Wildman–Crippen MR) is 77.8 cm³/mol. The molecule has 0 bridgehead atoms. The fourth-order valence-corrected chi connectivity index (χ4v) is 3.42. The highest BCUT2D eigenvalue weighted by atomic mass is 35.7. The molecule has 0 radical (unpaired) electrons. The number of carbonyl (C=O) groups is 1. The van der Waals surface area contributed by atoms with Gasteiger partial charge in [0, 0.05) is 43.2 Å². The normalized spacial score (nSPS) is 19.4. The van der Waals surface area contributed by atoms with Crippen LogP contribution >= 0.6 is 10.7 Å². The zero-order chi connectivity index (χ0) is 15.7. The summed E-state index contributed by atoms with van der Waals surface area (Å²) in [5.41, 5.74) is 0. The second-order valence-electron chi connectivity index (χ2n) is 4.83. The Kier molecular flexibility index (Phi) is 8.50. The standard InChI is InChI=1S/C12H22ClNO6S/c1-18-4-5-20-7-6-19-3-2-14-9-11(8-12(14)15)10-21(13,16)17/h11H,2-10H2,1H3. The minimum atomic E-state index is -3.56. The molecular formula is C12H22ClNO6S. The second kappa shape index (κ2) is 9.58. The van der Waals surface area contributed by atoms with E-state index >= 15 is 0 Å². The number of halogens is 1. The number of methoxy groups -OCH3 is 1. The van der Waals surface area contributed by atoms with Gasteiger partial charge in [0.1, 0.15) is 0 Å². The number of likely N-dealkylation sites (tertiary alicyclic amines) is 1. The summed E-state index contributed by atoms with van der Waals surface area (Å²) >= 11 is 0. The molecule has 0 aromatic carbocycles. The van der Waals surface area contributed by atoms with Gasteiger partial charge in [-0.15, -0.1) is 0 Å². The lowest BCUT2D eigenvalue weighted by Gasteiger charge is -2.16. The zero-order valence-electron chi connectivity index (χ0n) is 12.1. The van der Waals surface area contributed by atoms with Crippen molar-refractivity contribution in [2.75, 3.05) is 59.0 Å². The Morgan fingerprint density at radius 1 is 1.19 bits per heavy atom. The Bertz CT molecular complexity index is 416. The van der Waals surface area contributed by atoms with E-state index in [-0.39, 0.29) is 24.0 Å². The van der Waals surface area contributed by atoms with Gasteiger partial charge in [0.25, 0.3) is 0 Å². The lowest BCUT2D eigenvalue weighted by Crippen LogP contribution is -2.30. The van der Waals surface area contributed by atoms with E-state index in [1.165, 1.54) is 0 Å². The summed E-state index contributed by atoms with van der Waals surface area (Å²) in [7, 11) is 3.25. The van der Waals surface area contributed by atoms with E-state index in [1.807, 2.05) is 0 Å². The first kappa shape index (κ1) is 18.6. The summed E-state index contributed by atoms with van der Waals surface area (Å²) in [4.78, 5) is 13.3. The Morgan fingerprint density at radius 2 is 1.81 bits per heavy atom. The van der Waals surface area contributed by atoms with Crippen LogP contribution in [0.15, 0.2) is 0 Å². The molecule has 21 heavy (non-hydrogen) atoms. The molecular weight excluding hydrogens is 322 g/mol. The number of hydrogen-bond donors (Lipinski definition) is 0. The van der Waals surface area contributed by atoms with E-state index in [2.05, 4.69) is 0 Å². The number of amides is 1. The van der Waals surface area contributed by atoms with Crippen LogP contribution in [-0.4, -0.2) is 78.2 Å². The van der Waals surface area contributed by atoms with Gasteiger partial charge in [-0.25, -0.2) is 8.42 Å². The average Bonchev–Trinajstić information content (AvgIpc) is 2.70. The van der Waals surface area contributed by atoms with Crippen molar-refractivity contribution in [3.8, 4) is 0 Å². The van der Waals surface area contributed by atoms with E-state index < -0.39 is 9.05 Å². The molecule has 7 nitrogen and oxygen atoms in total. The average molecular weight is 344 g/mol. The van der Waals surface area contributed by atoms with E-state index in [1.54, 1.807) is 12.0 Å². The molecule has 9 heteroatoms. The molecule has 1 atom stereocenters. The van der Waals surface area contributed by atoms with Crippen molar-refractivity contribution in [1.29, 1.82) is 0 Å². The van der Waals surface area contributed by atoms with Crippen LogP contribution in [0.2, 0.25) is 0 Å². The molecule has 1 aliphatic heterocycles. The fourth-order valence-electron chi connectivity index (χ4n) is 2.10. The Morgan fingerprint density at radius 3 is 2.43 bits per heavy atom. The zero-order valence-corrected chi connectivity index (χ0v) is 13.7. The number of rotatable bonds is 11. The molecule has 0 aromatic rings. The van der Waals surface area contributed by atoms with Crippen molar-refractivity contribution in [3.05, 3.63) is 0 Å². The third-order valence-corrected chi connectivity index (χ3v) is 4.29. The van der Waals surface area contributed by atoms with Gasteiger partial charge >= 0.3 is 0 Å². The van der Waals surface area contributed by atoms with Crippen molar-refractivity contribution in [1.82, 2.24) is 4.90 Å². The van der Waals surface area contributed by atoms with E-state index in [4.69, 9.17) is 24.9 Å². The number of nitrogens with zero attached hydrogens (tertiary/aromatic N) is 1. The molecule has 124 valence electrons. The molecule has 1 amide bonds. The van der Waals surface area contributed by atoms with Gasteiger partial charge in [0.2, 0.25) is 15.0 Å². The summed E-state index contributed by atoms with van der Waals surface area (Å²) in [5.74, 6) is -0.442. The van der Waals surface area contributed by atoms with Crippen molar-refractivity contribution in [2.24, 2.45) is 5.92 Å². The molecule has 1 unspecified atom stereocenters. The minimum absolute atomic E-state index is 0.0553. The van der Waals surface area contributed by atoms with E-state index in [0.717, 1.165) is 0 Å². The van der Waals surface area contributed by atoms with Crippen molar-refractivity contribution < 1.29 is 27.4 Å². The molecule has 1 saturated heterocycles. The maximum atomic E-state index is 11.7. The van der Waals surface area contributed by atoms with Gasteiger partial charge in [-0.05, 0) is 0 Å². The van der Waals surface area contributed by atoms with Gasteiger partial charge in [-0.2, -0.15) is 0 Å². The van der Waals surface area contributed by atoms with Crippen LogP contribution in [0.5, 0.6) is 0 Å². The topological polar surface area (TPSA) is 82.1 Å². The third-order valence-electron chi connectivity index (χ3n) is 3.04. The SMILES string of the molecule is COCCOCCOCCN1CC(CS(=O)(=O)Cl)CC1=O. The highest BCUT2D eigenvalue weighted by molar-refractivity contribution is 8.13. The van der Waals surface area contributed by atoms with Gasteiger partial charge < -0.3 is 19.1 Å². The van der Waals surface area contributed by atoms with E-state index in [9.17, 15) is 13.2 Å². The Hall–Kier alpha value is -0.410. The lowest BCUT2D eigenvalue weighted by atomic mass is 10.1. The highest BCUT2D eigenvalue weighted by Gasteiger charge is 2.31. The maximum Gasteiger partial charge on any atom is 0.232 e. The van der Waals surface area contributed by atoms with Crippen molar-refractivity contribution in [3.63, 3.8) is 0 Å². The van der Waals surface area contributed by atoms with Gasteiger partial charge in [0.05, 0.1) is 38.8 Å². The molecule has 0 saturated carbocycles. The summed E-state index contributed by atoms with van der Waals surface area (Å²) in [6.07, 6.45) is 0.228. The largest absolute Gasteiger partial charge is 0.382 e. The maximum absolute atomic E-state index is 11.7. The van der Waals surface area contributed by atoms with Crippen LogP contribution < -0.4 is 0 Å². The fraction of sp³-hybridized carbons (Fsp3) is 0.917. The first-order chi connectivity index (χ1) is 9.92. The molecule has 0 N–H and O–H groups in total. The van der Waals surface area contributed by atoms with Crippen LogP contribution in [0.3, 0.4) is 0 Å². The number of hydrogen-bond acceptors (Lipinski definition) is 6. The van der Waals surface area contributed by atoms with Crippen LogP contribution in [0, 0.1) is 5.92 Å². The summed E-state index contributed by atoms with van der Waals surface area (Å²) in [5, 5.41) is 0. The van der Waals surface area contributed by atoms with Crippen molar-refractivity contribution in [2.45, 2.75) is 6.42 Å². The first-order valence-electron chi connectivity index (χ1n) is 6.77. The molecule has 1 fully saturated rings. The summed E-state index contributed by atoms with van der Waals surface area (Å²) in [6.45, 7) is 3.27. The smallest absolute Gasteiger partial charge is 0.232 e. The molecule has 0 aliphatic carbocycles. The van der Waals surface area contributed by atoms with E-state index in [0.29, 0.717) is 46.1 Å². The quantitative estimate of drug-likeness (QED) is 0.390. The Labute approximate surface area is 129 Å².